The number of urea groups is 1. The van der Waals surface area contributed by atoms with Crippen molar-refractivity contribution in [3.05, 3.63) is 83.9 Å². The first-order valence-corrected chi connectivity index (χ1v) is 12.7. The van der Waals surface area contributed by atoms with Crippen LogP contribution in [0.15, 0.2) is 82.6 Å². The van der Waals surface area contributed by atoms with Crippen molar-refractivity contribution in [2.45, 2.75) is 35.4 Å². The molecule has 1 atom stereocenters. The average molecular weight is 501 g/mol. The topological polar surface area (TPSA) is 111 Å². The van der Waals surface area contributed by atoms with E-state index in [1.54, 1.807) is 11.8 Å². The van der Waals surface area contributed by atoms with Crippen LogP contribution < -0.4 is 21.3 Å². The maximum atomic E-state index is 11.4. The van der Waals surface area contributed by atoms with Crippen molar-refractivity contribution < 1.29 is 9.90 Å². The molecule has 0 spiro atoms. The van der Waals surface area contributed by atoms with E-state index in [1.165, 1.54) is 0 Å². The molecule has 184 valence electrons. The Balaban J connectivity index is 1.31. The van der Waals surface area contributed by atoms with Gasteiger partial charge < -0.3 is 26.4 Å². The number of hydrogen-bond donors (Lipinski definition) is 5. The van der Waals surface area contributed by atoms with Crippen molar-refractivity contribution in [3.63, 3.8) is 0 Å². The van der Waals surface area contributed by atoms with Gasteiger partial charge in [0.05, 0.1) is 12.1 Å². The number of hydrogen-bond acceptors (Lipinski definition) is 7. The summed E-state index contributed by atoms with van der Waals surface area (Å²) in [6.07, 6.45) is 0.791. The third kappa shape index (κ3) is 5.69. The van der Waals surface area contributed by atoms with Crippen LogP contribution in [0, 0.1) is 0 Å². The molecule has 9 heteroatoms. The molecule has 1 saturated heterocycles. The number of para-hydroxylation sites is 1. The monoisotopic (exact) mass is 500 g/mol. The van der Waals surface area contributed by atoms with Gasteiger partial charge in [0.15, 0.2) is 0 Å². The van der Waals surface area contributed by atoms with Crippen LogP contribution in [0.2, 0.25) is 0 Å². The van der Waals surface area contributed by atoms with Crippen LogP contribution in [0.3, 0.4) is 0 Å². The number of carbonyl (C=O) groups is 1. The van der Waals surface area contributed by atoms with Crippen LogP contribution in [0.5, 0.6) is 0 Å². The smallest absolute Gasteiger partial charge is 0.315 e. The maximum absolute atomic E-state index is 11.4. The van der Waals surface area contributed by atoms with E-state index in [2.05, 4.69) is 33.4 Å². The van der Waals surface area contributed by atoms with Crippen molar-refractivity contribution in [2.75, 3.05) is 23.7 Å². The van der Waals surface area contributed by atoms with E-state index in [0.29, 0.717) is 25.6 Å². The second kappa shape index (κ2) is 11.3. The molecule has 1 fully saturated rings. The van der Waals surface area contributed by atoms with Crippen LogP contribution in [0.4, 0.5) is 16.6 Å². The van der Waals surface area contributed by atoms with E-state index >= 15 is 0 Å². The highest BCUT2D eigenvalue weighted by Gasteiger charge is 2.19. The summed E-state index contributed by atoms with van der Waals surface area (Å²) in [7, 11) is 0. The van der Waals surface area contributed by atoms with E-state index in [1.807, 2.05) is 60.7 Å². The van der Waals surface area contributed by atoms with Crippen LogP contribution in [0.1, 0.15) is 17.5 Å². The lowest BCUT2D eigenvalue weighted by Gasteiger charge is -2.15. The number of nitrogens with one attached hydrogen (secondary N) is 4. The van der Waals surface area contributed by atoms with Crippen LogP contribution in [-0.4, -0.2) is 40.2 Å². The van der Waals surface area contributed by atoms with E-state index in [4.69, 9.17) is 9.97 Å². The molecule has 36 heavy (non-hydrogen) atoms. The molecule has 4 aromatic rings. The molecule has 1 aliphatic heterocycles. The summed E-state index contributed by atoms with van der Waals surface area (Å²) >= 11 is 1.64. The van der Waals surface area contributed by atoms with E-state index in [-0.39, 0.29) is 18.7 Å². The largest absolute Gasteiger partial charge is 0.392 e. The number of amides is 2. The molecule has 0 saturated carbocycles. The average Bonchev–Trinajstić information content (AvgIpc) is 3.33. The predicted octanol–water partition coefficient (Wildman–Crippen LogP) is 4.37. The number of benzene rings is 3. The van der Waals surface area contributed by atoms with Crippen LogP contribution in [-0.2, 0) is 13.2 Å². The molecule has 0 radical (unpaired) electrons. The third-order valence-corrected chi connectivity index (χ3v) is 7.24. The van der Waals surface area contributed by atoms with Crippen LogP contribution in [0.25, 0.3) is 10.9 Å². The van der Waals surface area contributed by atoms with E-state index in [0.717, 1.165) is 44.1 Å². The first-order chi connectivity index (χ1) is 17.7. The molecule has 2 amide bonds. The number of aliphatic hydroxyl groups is 1. The fraction of sp³-hybridized carbons (Fsp3) is 0.222. The molecule has 3 aromatic carbocycles. The van der Waals surface area contributed by atoms with Gasteiger partial charge in [-0.3, -0.25) is 0 Å². The number of rotatable bonds is 10. The Morgan fingerprint density at radius 3 is 2.42 bits per heavy atom. The molecule has 1 aromatic heterocycles. The normalized spacial score (nSPS) is 14.9. The number of fused-ring (bicyclic) bond motifs is 1. The lowest BCUT2D eigenvalue weighted by Crippen LogP contribution is -2.28. The van der Waals surface area contributed by atoms with Gasteiger partial charge in [-0.15, -0.1) is 0 Å². The minimum absolute atomic E-state index is 0.00786. The standard InChI is InChI=1S/C27H28N6O2S/c34-17-19-8-2-6-12-24(19)36-23-11-5-1-7-18(23)15-29-26-32-22-10-4-3-9-21(22)25(33-26)28-14-13-20-16-30-27(35)31-20/h1-12,20,34H,13-17H2,(H2,30,31,35)(H2,28,29,32,33). The molecule has 5 rings (SSSR count). The van der Waals surface area contributed by atoms with Crippen molar-refractivity contribution in [2.24, 2.45) is 0 Å². The Kier molecular flexibility index (Phi) is 7.49. The highest BCUT2D eigenvalue weighted by atomic mass is 32.2. The van der Waals surface area contributed by atoms with Crippen molar-refractivity contribution in [1.82, 2.24) is 20.6 Å². The van der Waals surface area contributed by atoms with Gasteiger partial charge in [-0.05, 0) is 41.8 Å². The summed E-state index contributed by atoms with van der Waals surface area (Å²) in [4.78, 5) is 23.0. The first-order valence-electron chi connectivity index (χ1n) is 11.9. The number of carbonyl (C=O) groups excluding carboxylic acids is 1. The number of anilines is 2. The van der Waals surface area contributed by atoms with Gasteiger partial charge in [0.25, 0.3) is 0 Å². The van der Waals surface area contributed by atoms with Gasteiger partial charge in [-0.2, -0.15) is 4.98 Å². The van der Waals surface area contributed by atoms with Gasteiger partial charge >= 0.3 is 6.03 Å². The van der Waals surface area contributed by atoms with Crippen molar-refractivity contribution in [3.8, 4) is 0 Å². The fourth-order valence-electron chi connectivity index (χ4n) is 4.11. The Morgan fingerprint density at radius 1 is 0.917 bits per heavy atom. The minimum Gasteiger partial charge on any atom is -0.392 e. The summed E-state index contributed by atoms with van der Waals surface area (Å²) in [6.45, 7) is 1.88. The molecule has 1 aliphatic rings. The van der Waals surface area contributed by atoms with E-state index < -0.39 is 0 Å². The summed E-state index contributed by atoms with van der Waals surface area (Å²) < 4.78 is 0. The zero-order valence-electron chi connectivity index (χ0n) is 19.7. The number of nitrogens with zero attached hydrogens (tertiary/aromatic N) is 2. The Labute approximate surface area is 213 Å². The summed E-state index contributed by atoms with van der Waals surface area (Å²) in [5.41, 5.74) is 2.88. The summed E-state index contributed by atoms with van der Waals surface area (Å²) in [6, 6.07) is 24.0. The minimum atomic E-state index is -0.114. The molecule has 8 nitrogen and oxygen atoms in total. The molecule has 0 aliphatic carbocycles. The second-order valence-corrected chi connectivity index (χ2v) is 9.59. The molecule has 1 unspecified atom stereocenters. The fourth-order valence-corrected chi connectivity index (χ4v) is 5.17. The van der Waals surface area contributed by atoms with Crippen molar-refractivity contribution >= 4 is 40.5 Å². The van der Waals surface area contributed by atoms with E-state index in [9.17, 15) is 9.90 Å². The third-order valence-electron chi connectivity index (χ3n) is 6.01. The van der Waals surface area contributed by atoms with Gasteiger partial charge in [0, 0.05) is 40.9 Å². The van der Waals surface area contributed by atoms with Crippen molar-refractivity contribution in [1.29, 1.82) is 0 Å². The molecule has 5 N–H and O–H groups in total. The Hall–Kier alpha value is -3.82. The quantitative estimate of drug-likeness (QED) is 0.220. The van der Waals surface area contributed by atoms with Gasteiger partial charge in [0.1, 0.15) is 5.82 Å². The predicted molar refractivity (Wildman–Crippen MR) is 143 cm³/mol. The second-order valence-electron chi connectivity index (χ2n) is 8.51. The highest BCUT2D eigenvalue weighted by Crippen LogP contribution is 2.33. The Bertz CT molecular complexity index is 1370. The zero-order valence-corrected chi connectivity index (χ0v) is 20.5. The summed E-state index contributed by atoms with van der Waals surface area (Å²) in [5, 5.41) is 23.2. The summed E-state index contributed by atoms with van der Waals surface area (Å²) in [5.74, 6) is 1.31. The zero-order chi connectivity index (χ0) is 24.7. The lowest BCUT2D eigenvalue weighted by atomic mass is 10.2. The number of aliphatic hydroxyl groups excluding tert-OH is 1. The number of aromatic nitrogens is 2. The van der Waals surface area contributed by atoms with Gasteiger partial charge in [-0.1, -0.05) is 60.3 Å². The molecular formula is C27H28N6O2S. The van der Waals surface area contributed by atoms with Gasteiger partial charge in [-0.25, -0.2) is 9.78 Å². The van der Waals surface area contributed by atoms with Gasteiger partial charge in [0.2, 0.25) is 5.95 Å². The maximum Gasteiger partial charge on any atom is 0.315 e. The molecule has 0 bridgehead atoms. The lowest BCUT2D eigenvalue weighted by molar-refractivity contribution is 0.247. The molecular weight excluding hydrogens is 472 g/mol. The van der Waals surface area contributed by atoms with Crippen LogP contribution >= 0.6 is 11.8 Å². The molecule has 2 heterocycles. The highest BCUT2D eigenvalue weighted by molar-refractivity contribution is 7.99. The SMILES string of the molecule is O=C1NCC(CCNc2nc(NCc3ccccc3Sc3ccccc3CO)nc3ccccc23)N1. The first kappa shape index (κ1) is 23.9. The Morgan fingerprint density at radius 2 is 1.64 bits per heavy atom.